The Hall–Kier alpha value is -0.520. The topological polar surface area (TPSA) is 0 Å². The number of allylic oxidation sites excluding steroid dienone is 3. The molecule has 0 saturated carbocycles. The summed E-state index contributed by atoms with van der Waals surface area (Å²) in [5.74, 6) is 0.753. The van der Waals surface area contributed by atoms with Gasteiger partial charge < -0.3 is 0 Å². The van der Waals surface area contributed by atoms with Crippen LogP contribution in [0.4, 0.5) is 0 Å². The minimum Gasteiger partial charge on any atom is -0.103 e. The molecule has 1 atom stereocenters. The van der Waals surface area contributed by atoms with Crippen LogP contribution in [0.2, 0.25) is 0 Å². The van der Waals surface area contributed by atoms with E-state index in [9.17, 15) is 0 Å². The van der Waals surface area contributed by atoms with E-state index in [4.69, 9.17) is 0 Å². The maximum atomic E-state index is 3.79. The minimum atomic E-state index is 0.753. The Morgan fingerprint density at radius 2 is 2.33 bits per heavy atom. The molecule has 0 spiro atoms. The summed E-state index contributed by atoms with van der Waals surface area (Å²) in [7, 11) is 0. The van der Waals surface area contributed by atoms with Gasteiger partial charge in [0, 0.05) is 0 Å². The molecule has 0 heteroatoms. The minimum absolute atomic E-state index is 0.753. The molecule has 0 N–H and O–H groups in total. The van der Waals surface area contributed by atoms with Crippen molar-refractivity contribution < 1.29 is 0 Å². The van der Waals surface area contributed by atoms with Crippen molar-refractivity contribution in [3.8, 4) is 0 Å². The summed E-state index contributed by atoms with van der Waals surface area (Å²) in [5.41, 5.74) is 0. The van der Waals surface area contributed by atoms with Crippen molar-refractivity contribution in [2.24, 2.45) is 5.92 Å². The largest absolute Gasteiger partial charge is 0.103 e. The lowest BCUT2D eigenvalue weighted by Crippen LogP contribution is -1.90. The number of hydrogen-bond acceptors (Lipinski definition) is 0. The van der Waals surface area contributed by atoms with Crippen LogP contribution in [0, 0.1) is 5.92 Å². The molecule has 0 bridgehead atoms. The maximum Gasteiger partial charge on any atom is -0.0201 e. The third kappa shape index (κ3) is 2.05. The fourth-order valence-electron chi connectivity index (χ4n) is 1.22. The molecule has 1 unspecified atom stereocenters. The molecule has 9 heavy (non-hydrogen) atoms. The second-order valence-electron chi connectivity index (χ2n) is 2.63. The zero-order valence-corrected chi connectivity index (χ0v) is 5.84. The van der Waals surface area contributed by atoms with E-state index >= 15 is 0 Å². The van der Waals surface area contributed by atoms with E-state index in [2.05, 4.69) is 24.8 Å². The molecular weight excluding hydrogens is 108 g/mol. The van der Waals surface area contributed by atoms with Crippen molar-refractivity contribution in [2.45, 2.75) is 25.7 Å². The molecule has 0 heterocycles. The lowest BCUT2D eigenvalue weighted by molar-refractivity contribution is 0.588. The Labute approximate surface area is 57.3 Å². The first-order valence-corrected chi connectivity index (χ1v) is 3.71. The molecule has 0 aromatic rings. The molecule has 50 valence electrons. The second-order valence-corrected chi connectivity index (χ2v) is 2.63. The van der Waals surface area contributed by atoms with E-state index in [1.807, 2.05) is 0 Å². The van der Waals surface area contributed by atoms with Gasteiger partial charge in [-0.05, 0) is 31.6 Å². The van der Waals surface area contributed by atoms with Crippen LogP contribution in [0.5, 0.6) is 0 Å². The molecule has 0 fully saturated rings. The van der Waals surface area contributed by atoms with Crippen LogP contribution in [0.15, 0.2) is 24.8 Å². The third-order valence-corrected chi connectivity index (χ3v) is 1.88. The highest BCUT2D eigenvalue weighted by Gasteiger charge is 2.02. The molecule has 1 aliphatic carbocycles. The van der Waals surface area contributed by atoms with Crippen LogP contribution in [0.3, 0.4) is 0 Å². The Morgan fingerprint density at radius 1 is 1.44 bits per heavy atom. The summed E-state index contributed by atoms with van der Waals surface area (Å²) in [5, 5.41) is 0. The first-order chi connectivity index (χ1) is 4.43. The summed E-state index contributed by atoms with van der Waals surface area (Å²) in [6.07, 6.45) is 11.8. The number of rotatable bonds is 1. The zero-order valence-electron chi connectivity index (χ0n) is 5.84. The van der Waals surface area contributed by atoms with Gasteiger partial charge >= 0.3 is 0 Å². The van der Waals surface area contributed by atoms with Gasteiger partial charge in [0.05, 0.1) is 0 Å². The maximum absolute atomic E-state index is 3.79. The molecular formula is C9H14. The summed E-state index contributed by atoms with van der Waals surface area (Å²) in [6, 6.07) is 0. The molecule has 1 rings (SSSR count). The standard InChI is InChI=1S/C9H14/c1-2-9-7-5-3-4-6-8-9/h2-3,5,9H,1,4,6-8H2. The van der Waals surface area contributed by atoms with Gasteiger partial charge in [0.2, 0.25) is 0 Å². The third-order valence-electron chi connectivity index (χ3n) is 1.88. The van der Waals surface area contributed by atoms with Crippen LogP contribution in [-0.4, -0.2) is 0 Å². The first-order valence-electron chi connectivity index (χ1n) is 3.71. The number of hydrogen-bond donors (Lipinski definition) is 0. The van der Waals surface area contributed by atoms with E-state index in [1.165, 1.54) is 25.7 Å². The van der Waals surface area contributed by atoms with Crippen molar-refractivity contribution in [2.75, 3.05) is 0 Å². The van der Waals surface area contributed by atoms with Crippen molar-refractivity contribution in [1.82, 2.24) is 0 Å². The van der Waals surface area contributed by atoms with Gasteiger partial charge in [-0.3, -0.25) is 0 Å². The SMILES string of the molecule is C=CC1CC=CCCC1. The molecule has 0 aromatic carbocycles. The lowest BCUT2D eigenvalue weighted by Gasteiger charge is -2.04. The van der Waals surface area contributed by atoms with Gasteiger partial charge in [-0.15, -0.1) is 6.58 Å². The van der Waals surface area contributed by atoms with Crippen LogP contribution >= 0.6 is 0 Å². The monoisotopic (exact) mass is 122 g/mol. The van der Waals surface area contributed by atoms with Gasteiger partial charge in [0.15, 0.2) is 0 Å². The van der Waals surface area contributed by atoms with Crippen molar-refractivity contribution in [1.29, 1.82) is 0 Å². The highest BCUT2D eigenvalue weighted by Crippen LogP contribution is 2.18. The van der Waals surface area contributed by atoms with Crippen molar-refractivity contribution in [3.05, 3.63) is 24.8 Å². The van der Waals surface area contributed by atoms with Gasteiger partial charge in [0.25, 0.3) is 0 Å². The van der Waals surface area contributed by atoms with E-state index < -0.39 is 0 Å². The highest BCUT2D eigenvalue weighted by atomic mass is 14.1. The molecule has 0 nitrogen and oxygen atoms in total. The van der Waals surface area contributed by atoms with Crippen molar-refractivity contribution >= 4 is 0 Å². The molecule has 1 aliphatic rings. The highest BCUT2D eigenvalue weighted by molar-refractivity contribution is 4.92. The Kier molecular flexibility index (Phi) is 2.56. The normalized spacial score (nSPS) is 27.3. The second kappa shape index (κ2) is 3.49. The van der Waals surface area contributed by atoms with Gasteiger partial charge in [-0.2, -0.15) is 0 Å². The van der Waals surface area contributed by atoms with Crippen LogP contribution in [-0.2, 0) is 0 Å². The summed E-state index contributed by atoms with van der Waals surface area (Å²) >= 11 is 0. The van der Waals surface area contributed by atoms with Gasteiger partial charge in [0.1, 0.15) is 0 Å². The van der Waals surface area contributed by atoms with Crippen LogP contribution < -0.4 is 0 Å². The van der Waals surface area contributed by atoms with E-state index in [0.717, 1.165) is 5.92 Å². The molecule has 0 saturated heterocycles. The average Bonchev–Trinajstić information content (AvgIpc) is 2.13. The fourth-order valence-corrected chi connectivity index (χ4v) is 1.22. The fraction of sp³-hybridized carbons (Fsp3) is 0.556. The van der Waals surface area contributed by atoms with E-state index in [-0.39, 0.29) is 0 Å². The van der Waals surface area contributed by atoms with Crippen LogP contribution in [0.25, 0.3) is 0 Å². The Bertz CT molecular complexity index is 111. The van der Waals surface area contributed by atoms with E-state index in [1.54, 1.807) is 0 Å². The Balaban J connectivity index is 2.37. The van der Waals surface area contributed by atoms with E-state index in [0.29, 0.717) is 0 Å². The summed E-state index contributed by atoms with van der Waals surface area (Å²) in [6.45, 7) is 3.79. The molecule has 0 amide bonds. The van der Waals surface area contributed by atoms with Gasteiger partial charge in [-0.1, -0.05) is 18.2 Å². The Morgan fingerprint density at radius 3 is 3.11 bits per heavy atom. The molecule has 0 aromatic heterocycles. The lowest BCUT2D eigenvalue weighted by atomic mass is 10.0. The predicted molar refractivity (Wildman–Crippen MR) is 41.3 cm³/mol. The van der Waals surface area contributed by atoms with Crippen molar-refractivity contribution in [3.63, 3.8) is 0 Å². The van der Waals surface area contributed by atoms with Gasteiger partial charge in [-0.25, -0.2) is 0 Å². The average molecular weight is 122 g/mol. The predicted octanol–water partition coefficient (Wildman–Crippen LogP) is 2.92. The summed E-state index contributed by atoms with van der Waals surface area (Å²) < 4.78 is 0. The molecule has 0 radical (unpaired) electrons. The summed E-state index contributed by atoms with van der Waals surface area (Å²) in [4.78, 5) is 0. The first kappa shape index (κ1) is 6.60. The zero-order chi connectivity index (χ0) is 6.53. The molecule has 0 aliphatic heterocycles. The van der Waals surface area contributed by atoms with Crippen LogP contribution in [0.1, 0.15) is 25.7 Å². The smallest absolute Gasteiger partial charge is 0.0201 e. The quantitative estimate of drug-likeness (QED) is 0.469.